The number of carbonyl (C=O) groups excluding carboxylic acids is 2. The monoisotopic (exact) mass is 559 g/mol. The van der Waals surface area contributed by atoms with E-state index in [2.05, 4.69) is 5.32 Å². The van der Waals surface area contributed by atoms with E-state index >= 15 is 0 Å². The molecular weight excluding hydrogens is 529 g/mol. The minimum Gasteiger partial charge on any atom is -0.497 e. The highest BCUT2D eigenvalue weighted by Crippen LogP contribution is 2.34. The molecule has 198 valence electrons. The molecule has 1 atom stereocenters. The van der Waals surface area contributed by atoms with E-state index in [1.54, 1.807) is 51.1 Å². The molecule has 2 amide bonds. The van der Waals surface area contributed by atoms with Crippen LogP contribution in [0.15, 0.2) is 36.4 Å². The number of benzene rings is 2. The van der Waals surface area contributed by atoms with E-state index in [0.717, 1.165) is 10.6 Å². The van der Waals surface area contributed by atoms with E-state index in [0.29, 0.717) is 21.4 Å². The summed E-state index contributed by atoms with van der Waals surface area (Å²) in [5.74, 6) is -0.383. The Balaban J connectivity index is 2.50. The summed E-state index contributed by atoms with van der Waals surface area (Å²) in [6.07, 6.45) is 0.984. The van der Waals surface area contributed by atoms with Crippen molar-refractivity contribution < 1.29 is 27.5 Å². The average Bonchev–Trinajstić information content (AvgIpc) is 2.80. The van der Waals surface area contributed by atoms with E-state index in [-0.39, 0.29) is 29.9 Å². The largest absolute Gasteiger partial charge is 0.497 e. The van der Waals surface area contributed by atoms with Crippen LogP contribution in [-0.2, 0) is 26.2 Å². The van der Waals surface area contributed by atoms with Gasteiger partial charge in [-0.1, -0.05) is 29.3 Å². The van der Waals surface area contributed by atoms with Crippen LogP contribution in [0.5, 0.6) is 11.5 Å². The summed E-state index contributed by atoms with van der Waals surface area (Å²) in [6, 6.07) is 8.41. The lowest BCUT2D eigenvalue weighted by Gasteiger charge is -2.32. The lowest BCUT2D eigenvalue weighted by atomic mass is 10.1. The fraction of sp³-hybridized carbons (Fsp3) is 0.417. The Hall–Kier alpha value is -2.69. The molecule has 0 heterocycles. The minimum atomic E-state index is -3.94. The molecule has 0 saturated carbocycles. The highest BCUT2D eigenvalue weighted by atomic mass is 35.5. The topological polar surface area (TPSA) is 105 Å². The van der Waals surface area contributed by atoms with Crippen LogP contribution >= 0.6 is 23.2 Å². The van der Waals surface area contributed by atoms with Crippen LogP contribution in [0.3, 0.4) is 0 Å². The number of halogens is 2. The lowest BCUT2D eigenvalue weighted by molar-refractivity contribution is -0.139. The molecule has 0 aliphatic carbocycles. The van der Waals surface area contributed by atoms with Crippen LogP contribution in [0.4, 0.5) is 5.69 Å². The first-order valence-electron chi connectivity index (χ1n) is 11.0. The summed E-state index contributed by atoms with van der Waals surface area (Å²) < 4.78 is 37.1. The summed E-state index contributed by atoms with van der Waals surface area (Å²) in [7, 11) is -1.11. The molecule has 0 saturated heterocycles. The Labute approximate surface area is 222 Å². The number of hydrogen-bond acceptors (Lipinski definition) is 6. The molecule has 2 aromatic carbocycles. The Morgan fingerprint density at radius 2 is 1.67 bits per heavy atom. The Kier molecular flexibility index (Phi) is 10.3. The van der Waals surface area contributed by atoms with E-state index < -0.39 is 28.5 Å². The fourth-order valence-electron chi connectivity index (χ4n) is 3.41. The molecule has 2 aromatic rings. The maximum atomic E-state index is 13.6. The third kappa shape index (κ3) is 7.65. The van der Waals surface area contributed by atoms with Crippen LogP contribution in [0.2, 0.25) is 10.0 Å². The van der Waals surface area contributed by atoms with Crippen molar-refractivity contribution in [3.05, 3.63) is 52.0 Å². The van der Waals surface area contributed by atoms with Crippen LogP contribution in [0, 0.1) is 0 Å². The molecule has 0 unspecified atom stereocenters. The number of methoxy groups -OCH3 is 2. The van der Waals surface area contributed by atoms with E-state index in [1.165, 1.54) is 25.2 Å². The number of rotatable bonds is 11. The minimum absolute atomic E-state index is 0.00471. The molecular formula is C24H31Cl2N3O6S. The number of nitrogens with zero attached hydrogens (tertiary/aromatic N) is 2. The molecule has 9 nitrogen and oxygen atoms in total. The fourth-order valence-corrected chi connectivity index (χ4v) is 4.57. The van der Waals surface area contributed by atoms with Crippen LogP contribution in [0.1, 0.15) is 26.3 Å². The van der Waals surface area contributed by atoms with Gasteiger partial charge in [0.2, 0.25) is 21.8 Å². The first kappa shape index (κ1) is 29.5. The predicted octanol–water partition coefficient (Wildman–Crippen LogP) is 3.72. The van der Waals surface area contributed by atoms with Crippen LogP contribution < -0.4 is 19.1 Å². The van der Waals surface area contributed by atoms with Crippen molar-refractivity contribution in [2.45, 2.75) is 39.4 Å². The summed E-state index contributed by atoms with van der Waals surface area (Å²) in [4.78, 5) is 27.7. The normalized spacial score (nSPS) is 12.1. The number of ether oxygens (including phenoxy) is 2. The molecule has 2 rings (SSSR count). The van der Waals surface area contributed by atoms with Gasteiger partial charge in [-0.05, 0) is 50.6 Å². The zero-order valence-electron chi connectivity index (χ0n) is 21.0. The Morgan fingerprint density at radius 3 is 2.19 bits per heavy atom. The third-order valence-corrected chi connectivity index (χ3v) is 7.13. The summed E-state index contributed by atoms with van der Waals surface area (Å²) >= 11 is 12.2. The first-order chi connectivity index (χ1) is 16.8. The second-order valence-electron chi connectivity index (χ2n) is 8.42. The predicted molar refractivity (Wildman–Crippen MR) is 141 cm³/mol. The van der Waals surface area contributed by atoms with Gasteiger partial charge in [-0.15, -0.1) is 0 Å². The second-order valence-corrected chi connectivity index (χ2v) is 11.1. The highest BCUT2D eigenvalue weighted by molar-refractivity contribution is 7.92. The van der Waals surface area contributed by atoms with Crippen LogP contribution in [-0.4, -0.2) is 64.2 Å². The average molecular weight is 561 g/mol. The highest BCUT2D eigenvalue weighted by Gasteiger charge is 2.31. The van der Waals surface area contributed by atoms with Crippen molar-refractivity contribution in [2.24, 2.45) is 0 Å². The van der Waals surface area contributed by atoms with Crippen molar-refractivity contribution in [3.8, 4) is 11.5 Å². The van der Waals surface area contributed by atoms with Gasteiger partial charge in [0.05, 0.1) is 36.2 Å². The number of carbonyl (C=O) groups is 2. The van der Waals surface area contributed by atoms with Gasteiger partial charge >= 0.3 is 0 Å². The van der Waals surface area contributed by atoms with Gasteiger partial charge in [-0.25, -0.2) is 8.42 Å². The van der Waals surface area contributed by atoms with Gasteiger partial charge in [-0.2, -0.15) is 0 Å². The zero-order chi connectivity index (χ0) is 27.2. The Bertz CT molecular complexity index is 1210. The van der Waals surface area contributed by atoms with E-state index in [4.69, 9.17) is 32.7 Å². The zero-order valence-corrected chi connectivity index (χ0v) is 23.4. The third-order valence-electron chi connectivity index (χ3n) is 5.27. The number of hydrogen-bond donors (Lipinski definition) is 1. The first-order valence-corrected chi connectivity index (χ1v) is 13.6. The molecule has 0 aliphatic rings. The Morgan fingerprint density at radius 1 is 1.00 bits per heavy atom. The molecule has 0 fully saturated rings. The second kappa shape index (κ2) is 12.5. The molecule has 36 heavy (non-hydrogen) atoms. The number of nitrogens with one attached hydrogen (secondary N) is 1. The van der Waals surface area contributed by atoms with Gasteiger partial charge in [0.15, 0.2) is 0 Å². The lowest BCUT2D eigenvalue weighted by Crippen LogP contribution is -2.52. The van der Waals surface area contributed by atoms with Crippen LogP contribution in [0.25, 0.3) is 0 Å². The summed E-state index contributed by atoms with van der Waals surface area (Å²) in [5, 5.41) is 3.42. The summed E-state index contributed by atoms with van der Waals surface area (Å²) in [6.45, 7) is 4.59. The van der Waals surface area contributed by atoms with Gasteiger partial charge in [-0.3, -0.25) is 13.9 Å². The van der Waals surface area contributed by atoms with Crippen molar-refractivity contribution in [3.63, 3.8) is 0 Å². The number of sulfonamides is 1. The van der Waals surface area contributed by atoms with Crippen molar-refractivity contribution >= 4 is 50.7 Å². The quantitative estimate of drug-likeness (QED) is 0.449. The molecule has 0 spiro atoms. The molecule has 0 aliphatic heterocycles. The van der Waals surface area contributed by atoms with Crippen molar-refractivity contribution in [1.29, 1.82) is 0 Å². The van der Waals surface area contributed by atoms with Gasteiger partial charge in [0, 0.05) is 18.7 Å². The molecule has 0 bridgehead atoms. The maximum Gasteiger partial charge on any atom is 0.244 e. The van der Waals surface area contributed by atoms with E-state index in [9.17, 15) is 18.0 Å². The molecule has 0 aromatic heterocycles. The molecule has 0 radical (unpaired) electrons. The molecule has 1 N–H and O–H groups in total. The van der Waals surface area contributed by atoms with Gasteiger partial charge in [0.25, 0.3) is 0 Å². The maximum absolute atomic E-state index is 13.6. The number of anilines is 1. The van der Waals surface area contributed by atoms with Crippen molar-refractivity contribution in [2.75, 3.05) is 31.3 Å². The van der Waals surface area contributed by atoms with Gasteiger partial charge < -0.3 is 19.7 Å². The van der Waals surface area contributed by atoms with Crippen molar-refractivity contribution in [1.82, 2.24) is 10.2 Å². The SMILES string of the molecule is COc1ccc(OC)c(N(CC(=O)N(Cc2ccc(Cl)c(Cl)c2)[C@@H](C)C(=O)NC(C)C)S(C)(=O)=O)c1. The smallest absolute Gasteiger partial charge is 0.244 e. The molecule has 12 heteroatoms. The summed E-state index contributed by atoms with van der Waals surface area (Å²) in [5.41, 5.74) is 0.744. The standard InChI is InChI=1S/C24H31Cl2N3O6S/c1-15(2)27-24(31)16(3)28(13-17-7-9-19(25)20(26)11-17)23(30)14-29(36(6,32)33)21-12-18(34-4)8-10-22(21)35-5/h7-12,15-16H,13-14H2,1-6H3,(H,27,31)/t16-/m0/s1. The van der Waals surface area contributed by atoms with E-state index in [1.807, 2.05) is 0 Å². The number of amides is 2. The van der Waals surface area contributed by atoms with Gasteiger partial charge in [0.1, 0.15) is 24.1 Å².